The average molecular weight is 442 g/mol. The van der Waals surface area contributed by atoms with E-state index in [1.807, 2.05) is 60.7 Å². The topological polar surface area (TPSA) is 138 Å². The summed E-state index contributed by atoms with van der Waals surface area (Å²) in [5.74, 6) is -0.780. The monoisotopic (exact) mass is 442 g/mol. The van der Waals surface area contributed by atoms with E-state index in [0.717, 1.165) is 17.7 Å². The molecular weight excluding hydrogens is 424 g/mol. The average Bonchev–Trinajstić information content (AvgIpc) is 2.87. The number of hydrogen-bond acceptors (Lipinski definition) is 9. The van der Waals surface area contributed by atoms with E-state index in [2.05, 4.69) is 31.2 Å². The predicted octanol–water partition coefficient (Wildman–Crippen LogP) is 3.70. The molecule has 0 atom stereocenters. The van der Waals surface area contributed by atoms with Crippen LogP contribution >= 0.6 is 0 Å². The van der Waals surface area contributed by atoms with Gasteiger partial charge >= 0.3 is 5.69 Å². The van der Waals surface area contributed by atoms with Crippen LogP contribution in [0.25, 0.3) is 0 Å². The predicted molar refractivity (Wildman–Crippen MR) is 123 cm³/mol. The van der Waals surface area contributed by atoms with Gasteiger partial charge in [-0.3, -0.25) is 41.2 Å². The minimum absolute atomic E-state index is 0.0687. The molecule has 11 nitrogen and oxygen atoms in total. The Morgan fingerprint density at radius 3 is 2.09 bits per heavy atom. The Morgan fingerprint density at radius 1 is 0.879 bits per heavy atom. The van der Waals surface area contributed by atoms with E-state index in [-0.39, 0.29) is 17.2 Å². The summed E-state index contributed by atoms with van der Waals surface area (Å²) in [5, 5.41) is 13.6. The fraction of sp³-hybridized carbons (Fsp3) is 0. The fourth-order valence-corrected chi connectivity index (χ4v) is 2.95. The van der Waals surface area contributed by atoms with Crippen LogP contribution in [0.1, 0.15) is 10.4 Å². The van der Waals surface area contributed by atoms with Gasteiger partial charge in [-0.2, -0.15) is 0 Å². The van der Waals surface area contributed by atoms with Crippen LogP contribution in [0.5, 0.6) is 0 Å². The van der Waals surface area contributed by atoms with E-state index in [0.29, 0.717) is 0 Å². The van der Waals surface area contributed by atoms with Crippen molar-refractivity contribution in [3.63, 3.8) is 0 Å². The molecule has 164 valence electrons. The Morgan fingerprint density at radius 2 is 1.52 bits per heavy atom. The van der Waals surface area contributed by atoms with E-state index in [4.69, 9.17) is 0 Å². The number of nitrogens with zero attached hydrogens (tertiary/aromatic N) is 5. The van der Waals surface area contributed by atoms with Crippen molar-refractivity contribution in [2.75, 3.05) is 15.9 Å². The molecule has 0 aliphatic rings. The first-order chi connectivity index (χ1) is 16.1. The molecule has 0 spiro atoms. The summed E-state index contributed by atoms with van der Waals surface area (Å²) in [7, 11) is 0. The summed E-state index contributed by atoms with van der Waals surface area (Å²) in [6.45, 7) is 0. The van der Waals surface area contributed by atoms with Crippen LogP contribution in [-0.2, 0) is 0 Å². The van der Waals surface area contributed by atoms with E-state index in [9.17, 15) is 14.9 Å². The van der Waals surface area contributed by atoms with Gasteiger partial charge in [-0.1, -0.05) is 36.4 Å². The van der Waals surface area contributed by atoms with Crippen LogP contribution in [0.4, 0.5) is 28.7 Å². The smallest absolute Gasteiger partial charge is 0.276 e. The molecule has 3 N–H and O–H groups in total. The Labute approximate surface area is 188 Å². The van der Waals surface area contributed by atoms with Crippen LogP contribution in [0.2, 0.25) is 0 Å². The van der Waals surface area contributed by atoms with E-state index in [1.54, 1.807) is 17.1 Å². The fourth-order valence-electron chi connectivity index (χ4n) is 2.95. The summed E-state index contributed by atoms with van der Waals surface area (Å²) < 4.78 is 0. The highest BCUT2D eigenvalue weighted by atomic mass is 16.6. The van der Waals surface area contributed by atoms with Gasteiger partial charge in [0.1, 0.15) is 6.33 Å². The molecule has 2 aromatic heterocycles. The van der Waals surface area contributed by atoms with Gasteiger partial charge in [-0.05, 0) is 36.4 Å². The number of hydrogen-bond donors (Lipinski definition) is 3. The van der Waals surface area contributed by atoms with Gasteiger partial charge in [0, 0.05) is 12.4 Å². The number of anilines is 4. The Kier molecular flexibility index (Phi) is 6.31. The molecule has 2 heterocycles. The van der Waals surface area contributed by atoms with Crippen molar-refractivity contribution in [2.45, 2.75) is 0 Å². The normalized spacial score (nSPS) is 10.2. The number of hydrazine groups is 2. The summed E-state index contributed by atoms with van der Waals surface area (Å²) >= 11 is 0. The summed E-state index contributed by atoms with van der Waals surface area (Å²) in [6, 6.07) is 21.7. The first kappa shape index (κ1) is 21.2. The van der Waals surface area contributed by atoms with Crippen LogP contribution in [0.15, 0.2) is 91.5 Å². The third-order valence-electron chi connectivity index (χ3n) is 4.47. The number of para-hydroxylation sites is 2. The first-order valence-electron chi connectivity index (χ1n) is 9.76. The third kappa shape index (κ3) is 4.99. The molecule has 33 heavy (non-hydrogen) atoms. The number of amides is 1. The van der Waals surface area contributed by atoms with Crippen molar-refractivity contribution in [3.05, 3.63) is 107 Å². The SMILES string of the molecule is O=C(NNc1ncnc(NN(c2ccccc2)c2ccccc2)c1[N+](=O)[O-])c1cccnc1. The lowest BCUT2D eigenvalue weighted by molar-refractivity contribution is -0.383. The lowest BCUT2D eigenvalue weighted by atomic mass is 10.2. The molecule has 4 aromatic rings. The van der Waals surface area contributed by atoms with Crippen molar-refractivity contribution in [3.8, 4) is 0 Å². The zero-order valence-corrected chi connectivity index (χ0v) is 17.1. The third-order valence-corrected chi connectivity index (χ3v) is 4.47. The number of nitro groups is 1. The number of aromatic nitrogens is 3. The highest BCUT2D eigenvalue weighted by Gasteiger charge is 2.25. The number of carbonyl (C=O) groups excluding carboxylic acids is 1. The molecule has 0 fully saturated rings. The van der Waals surface area contributed by atoms with Crippen molar-refractivity contribution in [1.29, 1.82) is 0 Å². The second-order valence-corrected chi connectivity index (χ2v) is 6.62. The standard InChI is InChI=1S/C22H18N8O3/c31-22(16-8-7-13-23-14-16)27-26-20-19(30(32)33)21(25-15-24-20)28-29(17-9-3-1-4-10-17)18-11-5-2-6-12-18/h1-15H,(H,27,31)(H2,24,25,26,28). The second kappa shape index (κ2) is 9.83. The maximum atomic E-state index is 12.3. The summed E-state index contributed by atoms with van der Waals surface area (Å²) in [4.78, 5) is 35.4. The first-order valence-corrected chi connectivity index (χ1v) is 9.76. The molecule has 2 aromatic carbocycles. The number of benzene rings is 2. The van der Waals surface area contributed by atoms with Gasteiger partial charge < -0.3 is 0 Å². The quantitative estimate of drug-likeness (QED) is 0.275. The molecule has 0 radical (unpaired) electrons. The molecule has 0 aliphatic heterocycles. The molecule has 0 saturated carbocycles. The molecule has 0 saturated heterocycles. The summed E-state index contributed by atoms with van der Waals surface area (Å²) in [5.41, 5.74) is 9.19. The Bertz CT molecular complexity index is 1200. The maximum absolute atomic E-state index is 12.3. The van der Waals surface area contributed by atoms with Crippen molar-refractivity contribution >= 4 is 34.6 Å². The number of pyridine rings is 1. The minimum atomic E-state index is -0.630. The van der Waals surface area contributed by atoms with E-state index in [1.165, 1.54) is 12.4 Å². The van der Waals surface area contributed by atoms with E-state index < -0.39 is 16.5 Å². The molecular formula is C22H18N8O3. The van der Waals surface area contributed by atoms with E-state index >= 15 is 0 Å². The molecule has 0 aliphatic carbocycles. The van der Waals surface area contributed by atoms with Crippen molar-refractivity contribution in [2.24, 2.45) is 0 Å². The zero-order valence-electron chi connectivity index (χ0n) is 17.1. The lowest BCUT2D eigenvalue weighted by Crippen LogP contribution is -2.31. The number of rotatable bonds is 8. The number of carbonyl (C=O) groups is 1. The molecule has 0 bridgehead atoms. The molecule has 0 unspecified atom stereocenters. The van der Waals surface area contributed by atoms with Gasteiger partial charge in [0.25, 0.3) is 5.91 Å². The van der Waals surface area contributed by atoms with Gasteiger partial charge in [-0.25, -0.2) is 9.97 Å². The van der Waals surface area contributed by atoms with Gasteiger partial charge in [-0.15, -0.1) is 0 Å². The lowest BCUT2D eigenvalue weighted by Gasteiger charge is -2.26. The van der Waals surface area contributed by atoms with Crippen LogP contribution < -0.4 is 21.3 Å². The Hall–Kier alpha value is -5.06. The highest BCUT2D eigenvalue weighted by Crippen LogP contribution is 2.32. The van der Waals surface area contributed by atoms with Crippen molar-refractivity contribution in [1.82, 2.24) is 20.4 Å². The van der Waals surface area contributed by atoms with Crippen molar-refractivity contribution < 1.29 is 9.72 Å². The van der Waals surface area contributed by atoms with Gasteiger partial charge in [0.2, 0.25) is 11.6 Å². The maximum Gasteiger partial charge on any atom is 0.356 e. The van der Waals surface area contributed by atoms with Crippen LogP contribution in [0, 0.1) is 10.1 Å². The molecule has 1 amide bonds. The second-order valence-electron chi connectivity index (χ2n) is 6.62. The van der Waals surface area contributed by atoms with Crippen LogP contribution in [-0.4, -0.2) is 25.8 Å². The van der Waals surface area contributed by atoms with Crippen LogP contribution in [0.3, 0.4) is 0 Å². The highest BCUT2D eigenvalue weighted by molar-refractivity contribution is 5.94. The Balaban J connectivity index is 1.64. The van der Waals surface area contributed by atoms with Gasteiger partial charge in [0.15, 0.2) is 0 Å². The zero-order chi connectivity index (χ0) is 23.0. The molecule has 4 rings (SSSR count). The molecule has 11 heteroatoms. The van der Waals surface area contributed by atoms with Gasteiger partial charge in [0.05, 0.1) is 21.9 Å². The largest absolute Gasteiger partial charge is 0.356 e. The number of nitrogens with one attached hydrogen (secondary N) is 3. The minimum Gasteiger partial charge on any atom is -0.276 e. The summed E-state index contributed by atoms with van der Waals surface area (Å²) in [6.07, 6.45) is 4.06.